The molecule has 0 amide bonds. The molecule has 1 fully saturated rings. The second-order valence-electron chi connectivity index (χ2n) is 4.81. The van der Waals surface area contributed by atoms with Gasteiger partial charge in [-0.15, -0.1) is 0 Å². The quantitative estimate of drug-likeness (QED) is 0.706. The minimum absolute atomic E-state index is 0.0897. The first-order valence-electron chi connectivity index (χ1n) is 5.69. The molecule has 0 radical (unpaired) electrons. The Morgan fingerprint density at radius 3 is 2.36 bits per heavy atom. The number of likely N-dealkylation sites (N-methyl/N-ethyl adjacent to an activating group) is 1. The average molecular weight is 200 g/mol. The Bertz CT molecular complexity index is 155. The summed E-state index contributed by atoms with van der Waals surface area (Å²) >= 11 is 0. The summed E-state index contributed by atoms with van der Waals surface area (Å²) in [6.07, 6.45) is 5.85. The molecule has 84 valence electrons. The first-order chi connectivity index (χ1) is 6.61. The van der Waals surface area contributed by atoms with Crippen molar-refractivity contribution in [2.24, 2.45) is 11.7 Å². The molecule has 3 nitrogen and oxygen atoms in total. The lowest BCUT2D eigenvalue weighted by atomic mass is 9.83. The third-order valence-electron chi connectivity index (χ3n) is 3.15. The van der Waals surface area contributed by atoms with Gasteiger partial charge in [0, 0.05) is 12.6 Å². The number of aliphatic hydroxyl groups is 1. The third kappa shape index (κ3) is 3.56. The molecule has 0 aromatic carbocycles. The van der Waals surface area contributed by atoms with E-state index in [0.717, 1.165) is 19.4 Å². The first-order valence-corrected chi connectivity index (χ1v) is 5.69. The normalized spacial score (nSPS) is 23.8. The molecule has 2 atom stereocenters. The fourth-order valence-electron chi connectivity index (χ4n) is 2.35. The van der Waals surface area contributed by atoms with Crippen LogP contribution < -0.4 is 5.73 Å². The van der Waals surface area contributed by atoms with E-state index < -0.39 is 0 Å². The molecule has 3 heteroatoms. The van der Waals surface area contributed by atoms with Crippen molar-refractivity contribution in [1.82, 2.24) is 4.90 Å². The van der Waals surface area contributed by atoms with Gasteiger partial charge in [-0.05, 0) is 32.9 Å². The molecule has 1 aliphatic carbocycles. The molecule has 0 heterocycles. The summed E-state index contributed by atoms with van der Waals surface area (Å²) in [5.74, 6) is 0.443. The summed E-state index contributed by atoms with van der Waals surface area (Å²) in [5.41, 5.74) is 5.96. The van der Waals surface area contributed by atoms with Crippen LogP contribution in [0.25, 0.3) is 0 Å². The van der Waals surface area contributed by atoms with Crippen LogP contribution in [0.3, 0.4) is 0 Å². The SMILES string of the molecule is CN(C)C[C@@H](N)[C@@H](O)C1CCCCC1. The zero-order valence-electron chi connectivity index (χ0n) is 9.45. The maximum atomic E-state index is 10.0. The predicted octanol–water partition coefficient (Wildman–Crippen LogP) is 0.816. The van der Waals surface area contributed by atoms with Crippen LogP contribution in [0.15, 0.2) is 0 Å². The molecule has 0 bridgehead atoms. The summed E-state index contributed by atoms with van der Waals surface area (Å²) in [6.45, 7) is 0.775. The van der Waals surface area contributed by atoms with E-state index in [1.807, 2.05) is 19.0 Å². The summed E-state index contributed by atoms with van der Waals surface area (Å²) in [5, 5.41) is 10.0. The average Bonchev–Trinajstić information content (AvgIpc) is 2.17. The van der Waals surface area contributed by atoms with Gasteiger partial charge < -0.3 is 15.7 Å². The molecular formula is C11H24N2O. The first kappa shape index (κ1) is 12.0. The Morgan fingerprint density at radius 1 is 1.29 bits per heavy atom. The minimum atomic E-state index is -0.308. The van der Waals surface area contributed by atoms with Crippen molar-refractivity contribution in [3.05, 3.63) is 0 Å². The zero-order valence-corrected chi connectivity index (χ0v) is 9.45. The van der Waals surface area contributed by atoms with Gasteiger partial charge in [-0.1, -0.05) is 19.3 Å². The van der Waals surface area contributed by atoms with E-state index >= 15 is 0 Å². The fourth-order valence-corrected chi connectivity index (χ4v) is 2.35. The molecule has 0 unspecified atom stereocenters. The molecule has 0 aromatic heterocycles. The van der Waals surface area contributed by atoms with Crippen molar-refractivity contribution >= 4 is 0 Å². The highest BCUT2D eigenvalue weighted by molar-refractivity contribution is 4.82. The Hall–Kier alpha value is -0.120. The smallest absolute Gasteiger partial charge is 0.0731 e. The highest BCUT2D eigenvalue weighted by Crippen LogP contribution is 2.27. The molecule has 1 aliphatic rings. The van der Waals surface area contributed by atoms with Crippen molar-refractivity contribution in [2.45, 2.75) is 44.2 Å². The predicted molar refractivity (Wildman–Crippen MR) is 59.1 cm³/mol. The fraction of sp³-hybridized carbons (Fsp3) is 1.00. The second-order valence-corrected chi connectivity index (χ2v) is 4.81. The van der Waals surface area contributed by atoms with Crippen molar-refractivity contribution in [3.8, 4) is 0 Å². The minimum Gasteiger partial charge on any atom is -0.391 e. The zero-order chi connectivity index (χ0) is 10.6. The van der Waals surface area contributed by atoms with Gasteiger partial charge in [0.25, 0.3) is 0 Å². The second kappa shape index (κ2) is 5.69. The van der Waals surface area contributed by atoms with Gasteiger partial charge in [0.2, 0.25) is 0 Å². The molecular weight excluding hydrogens is 176 g/mol. The van der Waals surface area contributed by atoms with Crippen LogP contribution in [0, 0.1) is 5.92 Å². The van der Waals surface area contributed by atoms with Crippen LogP contribution in [0.1, 0.15) is 32.1 Å². The van der Waals surface area contributed by atoms with Gasteiger partial charge >= 0.3 is 0 Å². The van der Waals surface area contributed by atoms with E-state index in [1.54, 1.807) is 0 Å². The maximum Gasteiger partial charge on any atom is 0.0731 e. The van der Waals surface area contributed by atoms with Gasteiger partial charge in [-0.25, -0.2) is 0 Å². The molecule has 0 spiro atoms. The monoisotopic (exact) mass is 200 g/mol. The van der Waals surface area contributed by atoms with Crippen molar-refractivity contribution in [1.29, 1.82) is 0 Å². The van der Waals surface area contributed by atoms with Crippen LogP contribution >= 0.6 is 0 Å². The summed E-state index contributed by atoms with van der Waals surface area (Å²) in [6, 6.07) is -0.0897. The summed E-state index contributed by atoms with van der Waals surface area (Å²) in [4.78, 5) is 2.04. The summed E-state index contributed by atoms with van der Waals surface area (Å²) in [7, 11) is 3.99. The molecule has 0 aliphatic heterocycles. The largest absolute Gasteiger partial charge is 0.391 e. The molecule has 0 aromatic rings. The molecule has 1 rings (SSSR count). The lowest BCUT2D eigenvalue weighted by molar-refractivity contribution is 0.0542. The van der Waals surface area contributed by atoms with Gasteiger partial charge in [-0.3, -0.25) is 0 Å². The summed E-state index contributed by atoms with van der Waals surface area (Å²) < 4.78 is 0. The van der Waals surface area contributed by atoms with Crippen molar-refractivity contribution in [3.63, 3.8) is 0 Å². The van der Waals surface area contributed by atoms with Crippen molar-refractivity contribution < 1.29 is 5.11 Å². The van der Waals surface area contributed by atoms with Crippen LogP contribution in [0.5, 0.6) is 0 Å². The molecule has 3 N–H and O–H groups in total. The van der Waals surface area contributed by atoms with E-state index in [-0.39, 0.29) is 12.1 Å². The number of nitrogens with zero attached hydrogens (tertiary/aromatic N) is 1. The Labute approximate surface area is 87.3 Å². The van der Waals surface area contributed by atoms with Gasteiger partial charge in [0.05, 0.1) is 6.10 Å². The standard InChI is InChI=1S/C11H24N2O/c1-13(2)8-10(12)11(14)9-6-4-3-5-7-9/h9-11,14H,3-8,12H2,1-2H3/t10-,11+/m1/s1. The van der Waals surface area contributed by atoms with Crippen LogP contribution in [-0.4, -0.2) is 42.8 Å². The Kier molecular flexibility index (Phi) is 4.85. The molecule has 1 saturated carbocycles. The molecule has 0 saturated heterocycles. The van der Waals surface area contributed by atoms with Gasteiger partial charge in [-0.2, -0.15) is 0 Å². The van der Waals surface area contributed by atoms with E-state index in [0.29, 0.717) is 5.92 Å². The Balaban J connectivity index is 2.33. The number of hydrogen-bond donors (Lipinski definition) is 2. The Morgan fingerprint density at radius 2 is 1.86 bits per heavy atom. The number of hydrogen-bond acceptors (Lipinski definition) is 3. The highest BCUT2D eigenvalue weighted by Gasteiger charge is 2.26. The lowest BCUT2D eigenvalue weighted by Gasteiger charge is -2.31. The van der Waals surface area contributed by atoms with Crippen molar-refractivity contribution in [2.75, 3.05) is 20.6 Å². The highest BCUT2D eigenvalue weighted by atomic mass is 16.3. The molecule has 14 heavy (non-hydrogen) atoms. The number of nitrogens with two attached hydrogens (primary N) is 1. The topological polar surface area (TPSA) is 49.5 Å². The van der Waals surface area contributed by atoms with E-state index in [9.17, 15) is 5.11 Å². The lowest BCUT2D eigenvalue weighted by Crippen LogP contribution is -2.46. The third-order valence-corrected chi connectivity index (χ3v) is 3.15. The van der Waals surface area contributed by atoms with Gasteiger partial charge in [0.1, 0.15) is 0 Å². The van der Waals surface area contributed by atoms with Crippen LogP contribution in [-0.2, 0) is 0 Å². The van der Waals surface area contributed by atoms with E-state index in [4.69, 9.17) is 5.73 Å². The van der Waals surface area contributed by atoms with E-state index in [1.165, 1.54) is 19.3 Å². The van der Waals surface area contributed by atoms with Crippen LogP contribution in [0.4, 0.5) is 0 Å². The van der Waals surface area contributed by atoms with Crippen LogP contribution in [0.2, 0.25) is 0 Å². The van der Waals surface area contributed by atoms with Gasteiger partial charge in [0.15, 0.2) is 0 Å². The number of rotatable bonds is 4. The maximum absolute atomic E-state index is 10.0. The van der Waals surface area contributed by atoms with E-state index in [2.05, 4.69) is 0 Å². The number of aliphatic hydroxyl groups excluding tert-OH is 1.